The van der Waals surface area contributed by atoms with E-state index in [1.54, 1.807) is 26.0 Å². The molecule has 0 radical (unpaired) electrons. The highest BCUT2D eigenvalue weighted by Crippen LogP contribution is 2.32. The maximum atomic E-state index is 11.9. The Morgan fingerprint density at radius 2 is 2.11 bits per heavy atom. The molecule has 6 heteroatoms. The molecule has 1 unspecified atom stereocenters. The summed E-state index contributed by atoms with van der Waals surface area (Å²) in [6.45, 7) is 3.26. The van der Waals surface area contributed by atoms with E-state index in [-0.39, 0.29) is 11.6 Å². The van der Waals surface area contributed by atoms with Crippen LogP contribution in [0.15, 0.2) is 18.2 Å². The fourth-order valence-corrected chi connectivity index (χ4v) is 3.12. The summed E-state index contributed by atoms with van der Waals surface area (Å²) in [7, 11) is -3.32. The van der Waals surface area contributed by atoms with Crippen LogP contribution in [0.5, 0.6) is 0 Å². The molecule has 0 aliphatic heterocycles. The van der Waals surface area contributed by atoms with Crippen molar-refractivity contribution in [2.24, 2.45) is 0 Å². The van der Waals surface area contributed by atoms with Crippen molar-refractivity contribution in [3.05, 3.63) is 34.9 Å². The predicted molar refractivity (Wildman–Crippen MR) is 71.7 cm³/mol. The van der Waals surface area contributed by atoms with Gasteiger partial charge in [-0.1, -0.05) is 6.07 Å². The molecule has 104 valence electrons. The van der Waals surface area contributed by atoms with Gasteiger partial charge < -0.3 is 5.11 Å². The number of carbonyl (C=O) groups is 1. The molecule has 0 saturated carbocycles. The molecule has 2 rings (SSSR count). The zero-order valence-electron chi connectivity index (χ0n) is 10.9. The van der Waals surface area contributed by atoms with Crippen LogP contribution in [0.2, 0.25) is 0 Å². The van der Waals surface area contributed by atoms with Crippen LogP contribution in [0.3, 0.4) is 0 Å². The number of rotatable bonds is 4. The van der Waals surface area contributed by atoms with Crippen LogP contribution in [0.25, 0.3) is 0 Å². The lowest BCUT2D eigenvalue weighted by Gasteiger charge is -2.16. The van der Waals surface area contributed by atoms with Crippen LogP contribution in [0.4, 0.5) is 0 Å². The van der Waals surface area contributed by atoms with Gasteiger partial charge in [0.1, 0.15) is 0 Å². The molecular weight excluding hydrogens is 266 g/mol. The van der Waals surface area contributed by atoms with E-state index in [2.05, 4.69) is 4.72 Å². The summed E-state index contributed by atoms with van der Waals surface area (Å²) < 4.78 is 26.4. The van der Waals surface area contributed by atoms with E-state index in [9.17, 15) is 13.2 Å². The molecule has 2 N–H and O–H groups in total. The number of sulfonamides is 1. The Balaban J connectivity index is 2.26. The molecule has 1 aliphatic rings. The van der Waals surface area contributed by atoms with Crippen molar-refractivity contribution in [3.63, 3.8) is 0 Å². The Hall–Kier alpha value is -1.40. The molecule has 1 atom stereocenters. The maximum Gasteiger partial charge on any atom is 0.335 e. The first-order valence-electron chi connectivity index (χ1n) is 6.18. The van der Waals surface area contributed by atoms with Crippen molar-refractivity contribution in [1.29, 1.82) is 0 Å². The van der Waals surface area contributed by atoms with Gasteiger partial charge in [-0.05, 0) is 49.9 Å². The first-order valence-corrected chi connectivity index (χ1v) is 7.73. The third-order valence-electron chi connectivity index (χ3n) is 3.39. The fourth-order valence-electron chi connectivity index (χ4n) is 2.21. The van der Waals surface area contributed by atoms with E-state index < -0.39 is 21.2 Å². The molecule has 0 bridgehead atoms. The summed E-state index contributed by atoms with van der Waals surface area (Å²) in [6.07, 6.45) is 1.37. The molecule has 0 heterocycles. The van der Waals surface area contributed by atoms with Crippen LogP contribution in [-0.2, 0) is 16.4 Å². The molecule has 0 fully saturated rings. The average molecular weight is 283 g/mol. The first kappa shape index (κ1) is 14.0. The minimum Gasteiger partial charge on any atom is -0.478 e. The van der Waals surface area contributed by atoms with Crippen molar-refractivity contribution < 1.29 is 18.3 Å². The third kappa shape index (κ3) is 2.79. The Morgan fingerprint density at radius 1 is 1.42 bits per heavy atom. The van der Waals surface area contributed by atoms with Gasteiger partial charge in [0.25, 0.3) is 0 Å². The van der Waals surface area contributed by atoms with Gasteiger partial charge in [-0.25, -0.2) is 17.9 Å². The lowest BCUT2D eigenvalue weighted by atomic mass is 10.1. The number of carboxylic acid groups (broad SMARTS) is 1. The van der Waals surface area contributed by atoms with E-state index in [1.165, 1.54) is 6.07 Å². The maximum absolute atomic E-state index is 11.9. The smallest absolute Gasteiger partial charge is 0.335 e. The number of nitrogens with one attached hydrogen (secondary N) is 1. The number of fused-ring (bicyclic) bond motifs is 1. The number of hydrogen-bond donors (Lipinski definition) is 2. The normalized spacial score (nSPS) is 18.6. The van der Waals surface area contributed by atoms with Crippen molar-refractivity contribution in [1.82, 2.24) is 4.72 Å². The highest BCUT2D eigenvalue weighted by Gasteiger charge is 2.28. The van der Waals surface area contributed by atoms with E-state index in [0.717, 1.165) is 11.1 Å². The highest BCUT2D eigenvalue weighted by atomic mass is 32.2. The topological polar surface area (TPSA) is 83.5 Å². The minimum atomic E-state index is -3.32. The largest absolute Gasteiger partial charge is 0.478 e. The quantitative estimate of drug-likeness (QED) is 0.881. The third-order valence-corrected chi connectivity index (χ3v) is 5.25. The van der Waals surface area contributed by atoms with E-state index in [4.69, 9.17) is 5.11 Å². The standard InChI is InChI=1S/C13H17NO4S/c1-8(2)19(17,18)14-12-6-4-9-7-10(13(15)16)3-5-11(9)12/h3,5,7-8,12,14H,4,6H2,1-2H3,(H,15,16). The number of hydrogen-bond acceptors (Lipinski definition) is 3. The van der Waals surface area contributed by atoms with Gasteiger partial charge in [0.15, 0.2) is 0 Å². The fraction of sp³-hybridized carbons (Fsp3) is 0.462. The summed E-state index contributed by atoms with van der Waals surface area (Å²) in [5.41, 5.74) is 2.04. The van der Waals surface area contributed by atoms with Crippen molar-refractivity contribution in [2.45, 2.75) is 38.0 Å². The van der Waals surface area contributed by atoms with Gasteiger partial charge in [0, 0.05) is 6.04 Å². The van der Waals surface area contributed by atoms with Crippen LogP contribution < -0.4 is 4.72 Å². The van der Waals surface area contributed by atoms with Gasteiger partial charge in [0.2, 0.25) is 10.0 Å². The molecule has 5 nitrogen and oxygen atoms in total. The zero-order chi connectivity index (χ0) is 14.2. The number of benzene rings is 1. The molecule has 1 aromatic carbocycles. The minimum absolute atomic E-state index is 0.242. The van der Waals surface area contributed by atoms with Gasteiger partial charge in [-0.15, -0.1) is 0 Å². The van der Waals surface area contributed by atoms with E-state index in [0.29, 0.717) is 12.8 Å². The van der Waals surface area contributed by atoms with Crippen LogP contribution in [0, 0.1) is 0 Å². The van der Waals surface area contributed by atoms with Crippen LogP contribution in [0.1, 0.15) is 47.8 Å². The average Bonchev–Trinajstić information content (AvgIpc) is 2.71. The van der Waals surface area contributed by atoms with Crippen molar-refractivity contribution in [3.8, 4) is 0 Å². The van der Waals surface area contributed by atoms with Crippen LogP contribution >= 0.6 is 0 Å². The Bertz CT molecular complexity index is 607. The molecule has 0 aromatic heterocycles. The summed E-state index contributed by atoms with van der Waals surface area (Å²) in [5, 5.41) is 8.45. The van der Waals surface area contributed by atoms with Gasteiger partial charge >= 0.3 is 5.97 Å². The summed E-state index contributed by atoms with van der Waals surface area (Å²) >= 11 is 0. The lowest BCUT2D eigenvalue weighted by Crippen LogP contribution is -2.33. The van der Waals surface area contributed by atoms with Crippen LogP contribution in [-0.4, -0.2) is 24.7 Å². The van der Waals surface area contributed by atoms with Crippen molar-refractivity contribution in [2.75, 3.05) is 0 Å². The highest BCUT2D eigenvalue weighted by molar-refractivity contribution is 7.90. The molecule has 1 aliphatic carbocycles. The summed E-state index contributed by atoms with van der Waals surface area (Å²) in [5.74, 6) is -0.964. The predicted octanol–water partition coefficient (Wildman–Crippen LogP) is 1.70. The second-order valence-corrected chi connectivity index (χ2v) is 7.29. The zero-order valence-corrected chi connectivity index (χ0v) is 11.7. The van der Waals surface area contributed by atoms with Gasteiger partial charge in [0.05, 0.1) is 10.8 Å². The van der Waals surface area contributed by atoms with E-state index in [1.807, 2.05) is 0 Å². The number of aryl methyl sites for hydroxylation is 1. The van der Waals surface area contributed by atoms with E-state index >= 15 is 0 Å². The molecule has 19 heavy (non-hydrogen) atoms. The van der Waals surface area contributed by atoms with Crippen molar-refractivity contribution >= 4 is 16.0 Å². The molecule has 0 amide bonds. The summed E-state index contributed by atoms with van der Waals surface area (Å²) in [6, 6.07) is 4.61. The summed E-state index contributed by atoms with van der Waals surface area (Å²) in [4.78, 5) is 10.9. The Kier molecular flexibility index (Phi) is 3.64. The first-order chi connectivity index (χ1) is 8.81. The second kappa shape index (κ2) is 4.94. The number of aromatic carboxylic acids is 1. The Morgan fingerprint density at radius 3 is 2.68 bits per heavy atom. The van der Waals surface area contributed by atoms with Gasteiger partial charge in [-0.2, -0.15) is 0 Å². The Labute approximate surface area is 112 Å². The molecule has 1 aromatic rings. The molecular formula is C13H17NO4S. The molecule has 0 spiro atoms. The van der Waals surface area contributed by atoms with Gasteiger partial charge in [-0.3, -0.25) is 0 Å². The molecule has 0 saturated heterocycles. The SMILES string of the molecule is CC(C)S(=O)(=O)NC1CCc2cc(C(=O)O)ccc21. The number of carboxylic acids is 1. The lowest BCUT2D eigenvalue weighted by molar-refractivity contribution is 0.0696. The monoisotopic (exact) mass is 283 g/mol. The second-order valence-electron chi connectivity index (χ2n) is 5.02.